The smallest absolute Gasteiger partial charge is 0.242 e. The fourth-order valence-corrected chi connectivity index (χ4v) is 1.59. The Morgan fingerprint density at radius 3 is 2.21 bits per heavy atom. The van der Waals surface area contributed by atoms with Gasteiger partial charge in [-0.25, -0.2) is 0 Å². The van der Waals surface area contributed by atoms with Gasteiger partial charge in [-0.15, -0.1) is 0 Å². The van der Waals surface area contributed by atoms with E-state index in [1.54, 1.807) is 0 Å². The van der Waals surface area contributed by atoms with E-state index in [9.17, 15) is 4.79 Å². The first-order valence-electron chi connectivity index (χ1n) is 5.54. The maximum absolute atomic E-state index is 12.0. The molecule has 0 radical (unpaired) electrons. The minimum absolute atomic E-state index is 0.198. The zero-order valence-corrected chi connectivity index (χ0v) is 10.2. The molecule has 0 spiro atoms. The summed E-state index contributed by atoms with van der Waals surface area (Å²) < 4.78 is 0. The standard InChI is InChI=1S/C11H24N2O/c1-6-9-13(8-3)10(14)11(4,5)12-7-2/h12H,6-9H2,1-5H3. The van der Waals surface area contributed by atoms with Crippen molar-refractivity contribution in [2.45, 2.75) is 46.6 Å². The second-order valence-electron chi connectivity index (χ2n) is 4.04. The minimum Gasteiger partial charge on any atom is -0.341 e. The molecule has 3 nitrogen and oxygen atoms in total. The van der Waals surface area contributed by atoms with E-state index in [2.05, 4.69) is 12.2 Å². The van der Waals surface area contributed by atoms with Crippen molar-refractivity contribution in [2.75, 3.05) is 19.6 Å². The van der Waals surface area contributed by atoms with E-state index in [0.29, 0.717) is 0 Å². The SMILES string of the molecule is CCCN(CC)C(=O)C(C)(C)NCC. The fourth-order valence-electron chi connectivity index (χ4n) is 1.59. The van der Waals surface area contributed by atoms with Crippen molar-refractivity contribution in [1.82, 2.24) is 10.2 Å². The maximum atomic E-state index is 12.0. The van der Waals surface area contributed by atoms with Gasteiger partial charge in [-0.2, -0.15) is 0 Å². The molecule has 0 aliphatic rings. The third-order valence-corrected chi connectivity index (χ3v) is 2.32. The summed E-state index contributed by atoms with van der Waals surface area (Å²) in [5.41, 5.74) is -0.431. The molecule has 0 saturated heterocycles. The highest BCUT2D eigenvalue weighted by Gasteiger charge is 2.29. The van der Waals surface area contributed by atoms with Crippen molar-refractivity contribution in [3.8, 4) is 0 Å². The van der Waals surface area contributed by atoms with Crippen molar-refractivity contribution in [1.29, 1.82) is 0 Å². The van der Waals surface area contributed by atoms with Gasteiger partial charge in [0.15, 0.2) is 0 Å². The summed E-state index contributed by atoms with van der Waals surface area (Å²) in [5, 5.41) is 3.20. The minimum atomic E-state index is -0.431. The van der Waals surface area contributed by atoms with Crippen LogP contribution in [0.25, 0.3) is 0 Å². The normalized spacial score (nSPS) is 11.5. The first kappa shape index (κ1) is 13.4. The largest absolute Gasteiger partial charge is 0.341 e. The summed E-state index contributed by atoms with van der Waals surface area (Å²) in [6, 6.07) is 0. The molecule has 0 aromatic carbocycles. The lowest BCUT2D eigenvalue weighted by Crippen LogP contribution is -2.54. The number of rotatable bonds is 6. The van der Waals surface area contributed by atoms with Crippen molar-refractivity contribution >= 4 is 5.91 Å². The summed E-state index contributed by atoms with van der Waals surface area (Å²) in [5.74, 6) is 0.198. The molecule has 0 saturated carbocycles. The lowest BCUT2D eigenvalue weighted by atomic mass is 10.0. The highest BCUT2D eigenvalue weighted by atomic mass is 16.2. The molecule has 1 N–H and O–H groups in total. The topological polar surface area (TPSA) is 32.3 Å². The molecular formula is C11H24N2O. The monoisotopic (exact) mass is 200 g/mol. The molecule has 0 aromatic heterocycles. The van der Waals surface area contributed by atoms with Crippen LogP contribution in [0.3, 0.4) is 0 Å². The van der Waals surface area contributed by atoms with Crippen LogP contribution in [0.1, 0.15) is 41.0 Å². The summed E-state index contributed by atoms with van der Waals surface area (Å²) in [4.78, 5) is 13.9. The lowest BCUT2D eigenvalue weighted by Gasteiger charge is -2.31. The number of hydrogen-bond acceptors (Lipinski definition) is 2. The Bertz CT molecular complexity index is 178. The van der Waals surface area contributed by atoms with Crippen molar-refractivity contribution in [2.24, 2.45) is 0 Å². The lowest BCUT2D eigenvalue weighted by molar-refractivity contribution is -0.136. The Balaban J connectivity index is 4.39. The van der Waals surface area contributed by atoms with Gasteiger partial charge in [-0.3, -0.25) is 4.79 Å². The molecule has 0 unspecified atom stereocenters. The highest BCUT2D eigenvalue weighted by Crippen LogP contribution is 2.08. The van der Waals surface area contributed by atoms with Crippen LogP contribution >= 0.6 is 0 Å². The van der Waals surface area contributed by atoms with Crippen LogP contribution in [0.5, 0.6) is 0 Å². The molecule has 1 amide bonds. The number of carbonyl (C=O) groups is 1. The van der Waals surface area contributed by atoms with Crippen LogP contribution < -0.4 is 5.32 Å². The molecule has 14 heavy (non-hydrogen) atoms. The molecule has 84 valence electrons. The quantitative estimate of drug-likeness (QED) is 0.707. The van der Waals surface area contributed by atoms with Gasteiger partial charge in [0.05, 0.1) is 5.54 Å². The third kappa shape index (κ3) is 3.66. The number of carbonyl (C=O) groups excluding carboxylic acids is 1. The Labute approximate surface area is 87.9 Å². The van der Waals surface area contributed by atoms with E-state index >= 15 is 0 Å². The first-order valence-corrected chi connectivity index (χ1v) is 5.54. The van der Waals surface area contributed by atoms with E-state index in [4.69, 9.17) is 0 Å². The van der Waals surface area contributed by atoms with Gasteiger partial charge in [0.25, 0.3) is 0 Å². The molecule has 0 aliphatic carbocycles. The predicted molar refractivity (Wildman–Crippen MR) is 60.3 cm³/mol. The van der Waals surface area contributed by atoms with Crippen molar-refractivity contribution in [3.63, 3.8) is 0 Å². The van der Waals surface area contributed by atoms with E-state index in [1.807, 2.05) is 32.6 Å². The number of likely N-dealkylation sites (N-methyl/N-ethyl adjacent to an activating group) is 2. The number of amides is 1. The van der Waals surface area contributed by atoms with E-state index in [-0.39, 0.29) is 5.91 Å². The molecule has 0 aromatic rings. The van der Waals surface area contributed by atoms with E-state index < -0.39 is 5.54 Å². The Kier molecular flexibility index (Phi) is 5.77. The highest BCUT2D eigenvalue weighted by molar-refractivity contribution is 5.85. The predicted octanol–water partition coefficient (Wildman–Crippen LogP) is 1.63. The summed E-state index contributed by atoms with van der Waals surface area (Å²) >= 11 is 0. The molecule has 3 heteroatoms. The molecule has 0 rings (SSSR count). The van der Waals surface area contributed by atoms with Crippen LogP contribution in [0.15, 0.2) is 0 Å². The summed E-state index contributed by atoms with van der Waals surface area (Å²) in [6.07, 6.45) is 1.02. The zero-order valence-electron chi connectivity index (χ0n) is 10.2. The van der Waals surface area contributed by atoms with Crippen LogP contribution in [0, 0.1) is 0 Å². The number of nitrogens with zero attached hydrogens (tertiary/aromatic N) is 1. The molecule has 0 aliphatic heterocycles. The molecule has 0 fully saturated rings. The second-order valence-corrected chi connectivity index (χ2v) is 4.04. The molecule has 0 bridgehead atoms. The van der Waals surface area contributed by atoms with Gasteiger partial charge >= 0.3 is 0 Å². The maximum Gasteiger partial charge on any atom is 0.242 e. The average molecular weight is 200 g/mol. The van der Waals surface area contributed by atoms with E-state index in [0.717, 1.165) is 26.1 Å². The van der Waals surface area contributed by atoms with Gasteiger partial charge in [-0.1, -0.05) is 13.8 Å². The number of hydrogen-bond donors (Lipinski definition) is 1. The number of nitrogens with one attached hydrogen (secondary N) is 1. The Morgan fingerprint density at radius 1 is 1.29 bits per heavy atom. The summed E-state index contributed by atoms with van der Waals surface area (Å²) in [7, 11) is 0. The third-order valence-electron chi connectivity index (χ3n) is 2.32. The zero-order chi connectivity index (χ0) is 11.2. The fraction of sp³-hybridized carbons (Fsp3) is 0.909. The average Bonchev–Trinajstić information content (AvgIpc) is 2.13. The van der Waals surface area contributed by atoms with Crippen LogP contribution in [0.4, 0.5) is 0 Å². The van der Waals surface area contributed by atoms with Gasteiger partial charge < -0.3 is 10.2 Å². The van der Waals surface area contributed by atoms with Crippen LogP contribution in [0.2, 0.25) is 0 Å². The van der Waals surface area contributed by atoms with Crippen LogP contribution in [-0.4, -0.2) is 36.0 Å². The molecule has 0 heterocycles. The van der Waals surface area contributed by atoms with Gasteiger partial charge in [0.2, 0.25) is 5.91 Å². The first-order chi connectivity index (χ1) is 6.49. The van der Waals surface area contributed by atoms with Crippen molar-refractivity contribution < 1.29 is 4.79 Å². The summed E-state index contributed by atoms with van der Waals surface area (Å²) in [6.45, 7) is 12.5. The van der Waals surface area contributed by atoms with Gasteiger partial charge in [0, 0.05) is 13.1 Å². The van der Waals surface area contributed by atoms with Gasteiger partial charge in [-0.05, 0) is 33.7 Å². The Morgan fingerprint density at radius 2 is 1.86 bits per heavy atom. The van der Waals surface area contributed by atoms with E-state index in [1.165, 1.54) is 0 Å². The molecular weight excluding hydrogens is 176 g/mol. The van der Waals surface area contributed by atoms with Crippen molar-refractivity contribution in [3.05, 3.63) is 0 Å². The molecule has 0 atom stereocenters. The van der Waals surface area contributed by atoms with Crippen LogP contribution in [-0.2, 0) is 4.79 Å². The Hall–Kier alpha value is -0.570. The second kappa shape index (κ2) is 6.02. The van der Waals surface area contributed by atoms with Gasteiger partial charge in [0.1, 0.15) is 0 Å².